The number of hydrogen-bond acceptors (Lipinski definition) is 5. The van der Waals surface area contributed by atoms with Crippen molar-refractivity contribution in [1.29, 1.82) is 0 Å². The molecule has 0 bridgehead atoms. The zero-order chi connectivity index (χ0) is 15.5. The van der Waals surface area contributed by atoms with Crippen LogP contribution in [0.15, 0.2) is 45.8 Å². The van der Waals surface area contributed by atoms with Gasteiger partial charge in [0.15, 0.2) is 0 Å². The second kappa shape index (κ2) is 5.97. The highest BCUT2D eigenvalue weighted by atomic mass is 32.2. The average Bonchev–Trinajstić information content (AvgIpc) is 2.84. The number of hydrogen-bond donors (Lipinski definition) is 1. The van der Waals surface area contributed by atoms with E-state index in [4.69, 9.17) is 0 Å². The summed E-state index contributed by atoms with van der Waals surface area (Å²) < 4.78 is 38.0. The quantitative estimate of drug-likeness (QED) is 0.671. The predicted octanol–water partition coefficient (Wildman–Crippen LogP) is 4.11. The van der Waals surface area contributed by atoms with E-state index in [0.717, 1.165) is 28.3 Å². The largest absolute Gasteiger partial charge is 0.431 e. The number of thioether (sulfide) groups is 1. The van der Waals surface area contributed by atoms with Gasteiger partial charge in [-0.25, -0.2) is 0 Å². The number of rotatable bonds is 4. The molecule has 0 radical (unpaired) electrons. The van der Waals surface area contributed by atoms with E-state index in [1.807, 2.05) is 12.1 Å². The summed E-state index contributed by atoms with van der Waals surface area (Å²) in [6.45, 7) is 2.07. The Labute approximate surface area is 124 Å². The lowest BCUT2D eigenvalue weighted by atomic mass is 10.1. The van der Waals surface area contributed by atoms with Gasteiger partial charge in [-0.15, -0.1) is 5.11 Å². The minimum absolute atomic E-state index is 0.359. The SMILES string of the molecule is CON=NCc1ccc(C2(C)NC(C(F)(F)F)=CS2)cc1. The van der Waals surface area contributed by atoms with Crippen LogP contribution in [0.2, 0.25) is 0 Å². The molecule has 0 fully saturated rings. The summed E-state index contributed by atoms with van der Waals surface area (Å²) in [5, 5.41) is 10.8. The molecule has 21 heavy (non-hydrogen) atoms. The third-order valence-electron chi connectivity index (χ3n) is 2.99. The average molecular weight is 317 g/mol. The molecule has 0 aromatic heterocycles. The summed E-state index contributed by atoms with van der Waals surface area (Å²) in [5.74, 6) is 0. The molecule has 1 heterocycles. The molecule has 0 saturated heterocycles. The first-order chi connectivity index (χ1) is 9.85. The molecule has 0 saturated carbocycles. The van der Waals surface area contributed by atoms with Crippen molar-refractivity contribution >= 4 is 11.8 Å². The van der Waals surface area contributed by atoms with Gasteiger partial charge in [-0.1, -0.05) is 36.0 Å². The zero-order valence-corrected chi connectivity index (χ0v) is 12.3. The number of alkyl halides is 3. The van der Waals surface area contributed by atoms with E-state index in [1.54, 1.807) is 19.1 Å². The molecule has 0 aliphatic carbocycles. The van der Waals surface area contributed by atoms with Crippen LogP contribution >= 0.6 is 11.8 Å². The van der Waals surface area contributed by atoms with Crippen LogP contribution in [0.5, 0.6) is 0 Å². The summed E-state index contributed by atoms with van der Waals surface area (Å²) in [6.07, 6.45) is -4.36. The maximum absolute atomic E-state index is 12.7. The molecule has 114 valence electrons. The number of nitrogens with one attached hydrogen (secondary N) is 1. The van der Waals surface area contributed by atoms with Crippen molar-refractivity contribution in [2.24, 2.45) is 10.4 Å². The summed E-state index contributed by atoms with van der Waals surface area (Å²) in [4.78, 5) is 3.64. The summed E-state index contributed by atoms with van der Waals surface area (Å²) >= 11 is 1.10. The van der Waals surface area contributed by atoms with Crippen LogP contribution in [-0.2, 0) is 16.3 Å². The lowest BCUT2D eigenvalue weighted by molar-refractivity contribution is -0.0973. The van der Waals surface area contributed by atoms with Crippen LogP contribution in [0.1, 0.15) is 18.1 Å². The van der Waals surface area contributed by atoms with Crippen LogP contribution in [0, 0.1) is 0 Å². The van der Waals surface area contributed by atoms with Crippen LogP contribution in [0.4, 0.5) is 13.2 Å². The summed E-state index contributed by atoms with van der Waals surface area (Å²) in [5.41, 5.74) is 0.943. The summed E-state index contributed by atoms with van der Waals surface area (Å²) in [6, 6.07) is 7.18. The second-order valence-electron chi connectivity index (χ2n) is 4.57. The molecule has 4 nitrogen and oxygen atoms in total. The predicted molar refractivity (Wildman–Crippen MR) is 74.2 cm³/mol. The Kier molecular flexibility index (Phi) is 4.46. The van der Waals surface area contributed by atoms with Gasteiger partial charge in [-0.3, -0.25) is 0 Å². The fourth-order valence-corrected chi connectivity index (χ4v) is 2.85. The maximum atomic E-state index is 12.7. The van der Waals surface area contributed by atoms with Gasteiger partial charge in [0.2, 0.25) is 0 Å². The molecule has 8 heteroatoms. The number of halogens is 3. The molecule has 0 amide bonds. The third kappa shape index (κ3) is 3.69. The van der Waals surface area contributed by atoms with Gasteiger partial charge in [0.05, 0.1) is 6.54 Å². The molecule has 2 rings (SSSR count). The Balaban J connectivity index is 2.08. The Bertz CT molecular complexity index is 557. The smallest absolute Gasteiger partial charge is 0.383 e. The maximum Gasteiger partial charge on any atom is 0.431 e. The van der Waals surface area contributed by atoms with Crippen molar-refractivity contribution in [3.8, 4) is 0 Å². The fourth-order valence-electron chi connectivity index (χ4n) is 1.87. The molecule has 1 aromatic carbocycles. The van der Waals surface area contributed by atoms with Crippen LogP contribution in [-0.4, -0.2) is 13.3 Å². The lowest BCUT2D eigenvalue weighted by Gasteiger charge is -2.26. The topological polar surface area (TPSA) is 46.0 Å². The van der Waals surface area contributed by atoms with Crippen molar-refractivity contribution in [3.63, 3.8) is 0 Å². The number of nitrogens with zero attached hydrogens (tertiary/aromatic N) is 2. The standard InChI is InChI=1S/C13H14F3N3OS/c1-12(18-11(8-21-12)13(14,15)16)10-5-3-9(4-6-10)7-17-19-20-2/h3-6,8,18H,7H2,1-2H3. The van der Waals surface area contributed by atoms with Crippen molar-refractivity contribution < 1.29 is 18.0 Å². The second-order valence-corrected chi connectivity index (χ2v) is 5.85. The van der Waals surface area contributed by atoms with Gasteiger partial charge in [0.1, 0.15) is 17.7 Å². The van der Waals surface area contributed by atoms with Crippen LogP contribution in [0.25, 0.3) is 0 Å². The first-order valence-electron chi connectivity index (χ1n) is 6.08. The zero-order valence-electron chi connectivity index (χ0n) is 11.4. The first kappa shape index (κ1) is 15.7. The van der Waals surface area contributed by atoms with Crippen molar-refractivity contribution in [2.75, 3.05) is 7.11 Å². The van der Waals surface area contributed by atoms with E-state index in [9.17, 15) is 13.2 Å². The Morgan fingerprint density at radius 3 is 2.48 bits per heavy atom. The number of benzene rings is 1. The molecule has 1 aliphatic rings. The lowest BCUT2D eigenvalue weighted by Crippen LogP contribution is -2.36. The van der Waals surface area contributed by atoms with E-state index in [0.29, 0.717) is 6.54 Å². The highest BCUT2D eigenvalue weighted by molar-refractivity contribution is 8.03. The Morgan fingerprint density at radius 2 is 1.95 bits per heavy atom. The summed E-state index contributed by atoms with van der Waals surface area (Å²) in [7, 11) is 1.40. The monoisotopic (exact) mass is 317 g/mol. The van der Waals surface area contributed by atoms with Gasteiger partial charge < -0.3 is 10.2 Å². The minimum atomic E-state index is -4.36. The van der Waals surface area contributed by atoms with E-state index < -0.39 is 16.7 Å². The highest BCUT2D eigenvalue weighted by Crippen LogP contribution is 2.44. The molecular formula is C13H14F3N3OS. The van der Waals surface area contributed by atoms with Gasteiger partial charge in [0, 0.05) is 10.7 Å². The van der Waals surface area contributed by atoms with Gasteiger partial charge in [-0.05, 0) is 18.1 Å². The van der Waals surface area contributed by atoms with Crippen LogP contribution in [0.3, 0.4) is 0 Å². The fraction of sp³-hybridized carbons (Fsp3) is 0.385. The van der Waals surface area contributed by atoms with E-state index in [1.165, 1.54) is 7.11 Å². The molecule has 1 atom stereocenters. The van der Waals surface area contributed by atoms with E-state index in [-0.39, 0.29) is 0 Å². The molecular weight excluding hydrogens is 303 g/mol. The minimum Gasteiger partial charge on any atom is -0.383 e. The molecule has 1 N–H and O–H groups in total. The van der Waals surface area contributed by atoms with Gasteiger partial charge >= 0.3 is 6.18 Å². The Hall–Kier alpha value is -1.70. The third-order valence-corrected chi connectivity index (χ3v) is 4.15. The molecule has 1 aliphatic heterocycles. The van der Waals surface area contributed by atoms with E-state index >= 15 is 0 Å². The normalized spacial score (nSPS) is 22.2. The van der Waals surface area contributed by atoms with Crippen molar-refractivity contribution in [3.05, 3.63) is 46.5 Å². The van der Waals surface area contributed by atoms with Crippen LogP contribution < -0.4 is 5.32 Å². The molecule has 0 spiro atoms. The molecule has 1 aromatic rings. The molecule has 1 unspecified atom stereocenters. The van der Waals surface area contributed by atoms with Crippen molar-refractivity contribution in [2.45, 2.75) is 24.5 Å². The van der Waals surface area contributed by atoms with E-state index in [2.05, 4.69) is 20.5 Å². The van der Waals surface area contributed by atoms with Gasteiger partial charge in [-0.2, -0.15) is 13.2 Å². The van der Waals surface area contributed by atoms with Gasteiger partial charge in [0.25, 0.3) is 0 Å². The highest BCUT2D eigenvalue weighted by Gasteiger charge is 2.43. The number of allylic oxidation sites excluding steroid dienone is 1. The van der Waals surface area contributed by atoms with Crippen molar-refractivity contribution in [1.82, 2.24) is 5.32 Å². The first-order valence-corrected chi connectivity index (χ1v) is 6.96. The Morgan fingerprint density at radius 1 is 1.29 bits per heavy atom.